The van der Waals surface area contributed by atoms with Gasteiger partial charge in [-0.3, -0.25) is 4.21 Å². The maximum atomic E-state index is 13.1. The van der Waals surface area contributed by atoms with Gasteiger partial charge in [0.2, 0.25) is 0 Å². The molecule has 0 amide bonds. The van der Waals surface area contributed by atoms with Gasteiger partial charge in [-0.05, 0) is 25.1 Å². The zero-order chi connectivity index (χ0) is 13.1. The summed E-state index contributed by atoms with van der Waals surface area (Å²) >= 11 is 0. The van der Waals surface area contributed by atoms with E-state index in [4.69, 9.17) is 5.73 Å². The molecular weight excluding hydrogens is 253 g/mol. The SMILES string of the molecule is Cc1nccn1CCS(=O)c1cc(N)cc(F)c1. The first-order valence-corrected chi connectivity index (χ1v) is 6.80. The van der Waals surface area contributed by atoms with Gasteiger partial charge >= 0.3 is 0 Å². The Balaban J connectivity index is 2.06. The number of nitrogen functional groups attached to an aromatic ring is 1. The Morgan fingerprint density at radius 1 is 1.44 bits per heavy atom. The van der Waals surface area contributed by atoms with Crippen molar-refractivity contribution in [2.24, 2.45) is 0 Å². The predicted octanol–water partition coefficient (Wildman–Crippen LogP) is 1.72. The highest BCUT2D eigenvalue weighted by atomic mass is 32.2. The fourth-order valence-electron chi connectivity index (χ4n) is 1.65. The highest BCUT2D eigenvalue weighted by Gasteiger charge is 2.07. The average Bonchev–Trinajstić information content (AvgIpc) is 2.70. The molecule has 0 fully saturated rings. The van der Waals surface area contributed by atoms with E-state index in [0.29, 0.717) is 17.2 Å². The molecule has 1 atom stereocenters. The third kappa shape index (κ3) is 2.95. The van der Waals surface area contributed by atoms with Gasteiger partial charge in [0.15, 0.2) is 0 Å². The van der Waals surface area contributed by atoms with Crippen LogP contribution < -0.4 is 5.73 Å². The summed E-state index contributed by atoms with van der Waals surface area (Å²) in [6, 6.07) is 4.01. The molecule has 0 saturated carbocycles. The van der Waals surface area contributed by atoms with Crippen molar-refractivity contribution in [3.05, 3.63) is 42.2 Å². The van der Waals surface area contributed by atoms with Crippen molar-refractivity contribution >= 4 is 16.5 Å². The number of nitrogens with zero attached hydrogens (tertiary/aromatic N) is 2. The molecule has 0 aliphatic rings. The first-order valence-electron chi connectivity index (χ1n) is 5.48. The van der Waals surface area contributed by atoms with Gasteiger partial charge in [-0.25, -0.2) is 9.37 Å². The van der Waals surface area contributed by atoms with Crippen LogP contribution in [-0.4, -0.2) is 19.5 Å². The minimum Gasteiger partial charge on any atom is -0.399 e. The van der Waals surface area contributed by atoms with Crippen LogP contribution in [0.25, 0.3) is 0 Å². The van der Waals surface area contributed by atoms with Crippen molar-refractivity contribution < 1.29 is 8.60 Å². The van der Waals surface area contributed by atoms with Gasteiger partial charge in [-0.15, -0.1) is 0 Å². The fraction of sp³-hybridized carbons (Fsp3) is 0.250. The molecule has 2 rings (SSSR count). The molecule has 96 valence electrons. The van der Waals surface area contributed by atoms with Gasteiger partial charge in [0.05, 0.1) is 10.8 Å². The number of nitrogens with two attached hydrogens (primary N) is 1. The van der Waals surface area contributed by atoms with Crippen molar-refractivity contribution in [2.75, 3.05) is 11.5 Å². The molecule has 4 nitrogen and oxygen atoms in total. The smallest absolute Gasteiger partial charge is 0.126 e. The number of rotatable bonds is 4. The third-order valence-corrected chi connectivity index (χ3v) is 3.91. The highest BCUT2D eigenvalue weighted by molar-refractivity contribution is 7.85. The second kappa shape index (κ2) is 5.30. The molecule has 2 aromatic rings. The van der Waals surface area contributed by atoms with Gasteiger partial charge in [-0.1, -0.05) is 0 Å². The van der Waals surface area contributed by atoms with Crippen LogP contribution in [0, 0.1) is 12.7 Å². The Morgan fingerprint density at radius 2 is 2.22 bits per heavy atom. The molecule has 0 bridgehead atoms. The minimum absolute atomic E-state index is 0.289. The van der Waals surface area contributed by atoms with Gasteiger partial charge in [0, 0.05) is 35.3 Å². The van der Waals surface area contributed by atoms with Crippen LogP contribution in [0.3, 0.4) is 0 Å². The largest absolute Gasteiger partial charge is 0.399 e. The summed E-state index contributed by atoms with van der Waals surface area (Å²) in [5.41, 5.74) is 5.81. The quantitative estimate of drug-likeness (QED) is 0.858. The first-order chi connectivity index (χ1) is 8.56. The van der Waals surface area contributed by atoms with Crippen LogP contribution in [0.1, 0.15) is 5.82 Å². The lowest BCUT2D eigenvalue weighted by atomic mass is 10.3. The van der Waals surface area contributed by atoms with E-state index in [1.807, 2.05) is 17.7 Å². The molecule has 0 saturated heterocycles. The van der Waals surface area contributed by atoms with Crippen LogP contribution in [0.4, 0.5) is 10.1 Å². The van der Waals surface area contributed by atoms with Crippen LogP contribution in [-0.2, 0) is 17.3 Å². The highest BCUT2D eigenvalue weighted by Crippen LogP contribution is 2.15. The maximum absolute atomic E-state index is 13.1. The summed E-state index contributed by atoms with van der Waals surface area (Å²) < 4.78 is 27.1. The van der Waals surface area contributed by atoms with Crippen molar-refractivity contribution in [2.45, 2.75) is 18.4 Å². The first kappa shape index (κ1) is 12.8. The number of aryl methyl sites for hydroxylation is 2. The molecule has 0 radical (unpaired) electrons. The lowest BCUT2D eigenvalue weighted by molar-refractivity contribution is 0.623. The van der Waals surface area contributed by atoms with Crippen molar-refractivity contribution in [3.8, 4) is 0 Å². The van der Waals surface area contributed by atoms with Crippen LogP contribution in [0.15, 0.2) is 35.5 Å². The van der Waals surface area contributed by atoms with Crippen LogP contribution in [0.2, 0.25) is 0 Å². The standard InChI is InChI=1S/C12H14FN3OS/c1-9-15-2-3-16(9)4-5-18(17)12-7-10(13)6-11(14)8-12/h2-3,6-8H,4-5,14H2,1H3. The molecule has 1 aromatic carbocycles. The molecule has 1 aromatic heterocycles. The lowest BCUT2D eigenvalue weighted by Gasteiger charge is -2.06. The molecule has 1 heterocycles. The molecular formula is C12H14FN3OS. The minimum atomic E-state index is -1.27. The fourth-order valence-corrected chi connectivity index (χ4v) is 2.76. The van der Waals surface area contributed by atoms with Gasteiger partial charge in [0.25, 0.3) is 0 Å². The van der Waals surface area contributed by atoms with Gasteiger partial charge < -0.3 is 10.3 Å². The number of halogens is 1. The molecule has 0 spiro atoms. The van der Waals surface area contributed by atoms with E-state index in [1.165, 1.54) is 12.1 Å². The van der Waals surface area contributed by atoms with E-state index in [1.54, 1.807) is 12.3 Å². The molecule has 6 heteroatoms. The van der Waals surface area contributed by atoms with Crippen molar-refractivity contribution in [1.29, 1.82) is 0 Å². The van der Waals surface area contributed by atoms with E-state index in [2.05, 4.69) is 4.98 Å². The normalized spacial score (nSPS) is 12.6. The average molecular weight is 267 g/mol. The van der Waals surface area contributed by atoms with E-state index in [0.717, 1.165) is 5.82 Å². The number of hydrogen-bond acceptors (Lipinski definition) is 3. The van der Waals surface area contributed by atoms with Crippen LogP contribution >= 0.6 is 0 Å². The maximum Gasteiger partial charge on any atom is 0.126 e. The summed E-state index contributed by atoms with van der Waals surface area (Å²) in [6.45, 7) is 2.46. The van der Waals surface area contributed by atoms with Crippen molar-refractivity contribution in [1.82, 2.24) is 9.55 Å². The molecule has 2 N–H and O–H groups in total. The van der Waals surface area contributed by atoms with E-state index < -0.39 is 16.6 Å². The van der Waals surface area contributed by atoms with Crippen LogP contribution in [0.5, 0.6) is 0 Å². The Labute approximate surface area is 107 Å². The molecule has 18 heavy (non-hydrogen) atoms. The van der Waals surface area contributed by atoms with Gasteiger partial charge in [-0.2, -0.15) is 0 Å². The Bertz CT molecular complexity index is 562. The number of hydrogen-bond donors (Lipinski definition) is 1. The summed E-state index contributed by atoms with van der Waals surface area (Å²) in [4.78, 5) is 4.50. The van der Waals surface area contributed by atoms with E-state index in [9.17, 15) is 8.60 Å². The summed E-state index contributed by atoms with van der Waals surface area (Å²) in [6.07, 6.45) is 3.52. The number of aromatic nitrogens is 2. The zero-order valence-electron chi connectivity index (χ0n) is 9.97. The topological polar surface area (TPSA) is 60.9 Å². The predicted molar refractivity (Wildman–Crippen MR) is 69.1 cm³/mol. The zero-order valence-corrected chi connectivity index (χ0v) is 10.8. The summed E-state index contributed by atoms with van der Waals surface area (Å²) in [7, 11) is -1.27. The van der Waals surface area contributed by atoms with E-state index in [-0.39, 0.29) is 5.69 Å². The molecule has 0 aliphatic heterocycles. The van der Waals surface area contributed by atoms with Crippen molar-refractivity contribution in [3.63, 3.8) is 0 Å². The number of benzene rings is 1. The second-order valence-electron chi connectivity index (χ2n) is 3.94. The van der Waals surface area contributed by atoms with Gasteiger partial charge in [0.1, 0.15) is 11.6 Å². The summed E-state index contributed by atoms with van der Waals surface area (Å²) in [5.74, 6) is 0.808. The Kier molecular flexibility index (Phi) is 3.76. The van der Waals surface area contributed by atoms with E-state index >= 15 is 0 Å². The molecule has 0 aliphatic carbocycles. The molecule has 1 unspecified atom stereocenters. The summed E-state index contributed by atoms with van der Waals surface area (Å²) in [5, 5.41) is 0. The number of imidazole rings is 1. The Morgan fingerprint density at radius 3 is 2.83 bits per heavy atom. The Hall–Kier alpha value is -1.69. The lowest BCUT2D eigenvalue weighted by Crippen LogP contribution is -2.09. The second-order valence-corrected chi connectivity index (χ2v) is 5.51. The monoisotopic (exact) mass is 267 g/mol. The third-order valence-electron chi connectivity index (χ3n) is 2.60. The number of anilines is 1.